The van der Waals surface area contributed by atoms with E-state index in [9.17, 15) is 14.4 Å². The molecular formula is C18H20N4O3. The molecule has 1 aromatic carbocycles. The summed E-state index contributed by atoms with van der Waals surface area (Å²) in [6.07, 6.45) is 1.44. The molecule has 7 heteroatoms. The second-order valence-corrected chi connectivity index (χ2v) is 6.37. The Kier molecular flexibility index (Phi) is 3.94. The third-order valence-corrected chi connectivity index (χ3v) is 4.76. The Bertz CT molecular complexity index is 1120. The van der Waals surface area contributed by atoms with Gasteiger partial charge in [0, 0.05) is 19.7 Å². The first-order valence-corrected chi connectivity index (χ1v) is 7.98. The van der Waals surface area contributed by atoms with E-state index in [1.807, 2.05) is 26.0 Å². The molecule has 3 aromatic rings. The van der Waals surface area contributed by atoms with Crippen LogP contribution >= 0.6 is 0 Å². The maximum atomic E-state index is 12.9. The van der Waals surface area contributed by atoms with Gasteiger partial charge >= 0.3 is 5.69 Å². The van der Waals surface area contributed by atoms with Gasteiger partial charge in [-0.2, -0.15) is 0 Å². The van der Waals surface area contributed by atoms with Gasteiger partial charge in [0.25, 0.3) is 5.56 Å². The maximum Gasteiger partial charge on any atom is 0.332 e. The average Bonchev–Trinajstić information content (AvgIpc) is 3.04. The minimum Gasteiger partial charge on any atom is -0.314 e. The summed E-state index contributed by atoms with van der Waals surface area (Å²) in [7, 11) is 2.97. The Morgan fingerprint density at radius 3 is 2.40 bits per heavy atom. The number of hydrogen-bond donors (Lipinski definition) is 0. The number of ketones is 1. The molecule has 0 fully saturated rings. The Balaban J connectivity index is 2.16. The molecule has 0 amide bonds. The van der Waals surface area contributed by atoms with Crippen LogP contribution in [-0.2, 0) is 14.1 Å². The highest BCUT2D eigenvalue weighted by Crippen LogP contribution is 2.20. The van der Waals surface area contributed by atoms with Gasteiger partial charge in [0.1, 0.15) is 0 Å². The predicted octanol–water partition coefficient (Wildman–Crippen LogP) is 1.49. The topological polar surface area (TPSA) is 78.9 Å². The Morgan fingerprint density at radius 2 is 1.76 bits per heavy atom. The molecular weight excluding hydrogens is 320 g/mol. The van der Waals surface area contributed by atoms with E-state index in [2.05, 4.69) is 4.98 Å². The first-order valence-electron chi connectivity index (χ1n) is 7.98. The van der Waals surface area contributed by atoms with Crippen LogP contribution in [0, 0.1) is 13.8 Å². The van der Waals surface area contributed by atoms with Crippen LogP contribution in [0.4, 0.5) is 0 Å². The minimum absolute atomic E-state index is 0.113. The molecule has 0 aliphatic carbocycles. The number of carbonyl (C=O) groups excluding carboxylic acids is 1. The zero-order valence-corrected chi connectivity index (χ0v) is 14.9. The van der Waals surface area contributed by atoms with Crippen LogP contribution in [0.15, 0.2) is 34.1 Å². The highest BCUT2D eigenvalue weighted by molar-refractivity contribution is 5.99. The van der Waals surface area contributed by atoms with Crippen molar-refractivity contribution in [1.29, 1.82) is 0 Å². The molecule has 1 atom stereocenters. The molecule has 0 aliphatic rings. The molecule has 2 heterocycles. The van der Waals surface area contributed by atoms with Gasteiger partial charge in [0.2, 0.25) is 0 Å². The highest BCUT2D eigenvalue weighted by atomic mass is 16.2. The standard InChI is InChI=1S/C18H20N4O3/c1-10-6-7-13(8-11(10)2)15(23)12(3)22-9-19-16-14(22)17(24)21(5)18(25)20(16)4/h6-9,12H,1-5H3. The van der Waals surface area contributed by atoms with E-state index >= 15 is 0 Å². The molecule has 0 saturated carbocycles. The Hall–Kier alpha value is -2.96. The average molecular weight is 340 g/mol. The SMILES string of the molecule is Cc1ccc(C(=O)C(C)n2cnc3c2c(=O)n(C)c(=O)n3C)cc1C. The van der Waals surface area contributed by atoms with Crippen molar-refractivity contribution in [3.05, 3.63) is 62.1 Å². The van der Waals surface area contributed by atoms with E-state index < -0.39 is 17.3 Å². The number of benzene rings is 1. The zero-order valence-electron chi connectivity index (χ0n) is 14.9. The molecule has 130 valence electrons. The highest BCUT2D eigenvalue weighted by Gasteiger charge is 2.22. The minimum atomic E-state index is -0.614. The van der Waals surface area contributed by atoms with Crippen molar-refractivity contribution in [2.45, 2.75) is 26.8 Å². The molecule has 0 saturated heterocycles. The van der Waals surface area contributed by atoms with E-state index in [-0.39, 0.29) is 16.9 Å². The normalized spacial score (nSPS) is 12.5. The number of carbonyl (C=O) groups is 1. The second kappa shape index (κ2) is 5.84. The molecule has 2 aromatic heterocycles. The summed E-state index contributed by atoms with van der Waals surface area (Å²) in [4.78, 5) is 41.6. The van der Waals surface area contributed by atoms with E-state index in [4.69, 9.17) is 0 Å². The predicted molar refractivity (Wildman–Crippen MR) is 95.2 cm³/mol. The monoisotopic (exact) mass is 340 g/mol. The van der Waals surface area contributed by atoms with E-state index in [1.165, 1.54) is 22.5 Å². The van der Waals surface area contributed by atoms with Crippen molar-refractivity contribution in [3.8, 4) is 0 Å². The second-order valence-electron chi connectivity index (χ2n) is 6.37. The van der Waals surface area contributed by atoms with Crippen LogP contribution < -0.4 is 11.2 Å². The molecule has 7 nitrogen and oxygen atoms in total. The van der Waals surface area contributed by atoms with Crippen LogP contribution in [0.5, 0.6) is 0 Å². The van der Waals surface area contributed by atoms with Gasteiger partial charge in [-0.1, -0.05) is 12.1 Å². The van der Waals surface area contributed by atoms with E-state index in [0.29, 0.717) is 5.56 Å². The number of hydrogen-bond acceptors (Lipinski definition) is 4. The summed E-state index contributed by atoms with van der Waals surface area (Å²) < 4.78 is 3.86. The summed E-state index contributed by atoms with van der Waals surface area (Å²) in [6, 6.07) is 4.93. The fourth-order valence-electron chi connectivity index (χ4n) is 2.92. The number of rotatable bonds is 3. The van der Waals surface area contributed by atoms with Crippen LogP contribution in [0.3, 0.4) is 0 Å². The smallest absolute Gasteiger partial charge is 0.314 e. The van der Waals surface area contributed by atoms with Crippen LogP contribution in [-0.4, -0.2) is 24.5 Å². The van der Waals surface area contributed by atoms with Crippen LogP contribution in [0.1, 0.15) is 34.5 Å². The molecule has 0 radical (unpaired) electrons. The van der Waals surface area contributed by atoms with Gasteiger partial charge in [-0.05, 0) is 38.0 Å². The van der Waals surface area contributed by atoms with E-state index in [1.54, 1.807) is 20.0 Å². The molecule has 0 spiro atoms. The maximum absolute atomic E-state index is 12.9. The van der Waals surface area contributed by atoms with Crippen LogP contribution in [0.25, 0.3) is 11.2 Å². The lowest BCUT2D eigenvalue weighted by Crippen LogP contribution is -2.38. The molecule has 0 aliphatic heterocycles. The lowest BCUT2D eigenvalue weighted by atomic mass is 10.0. The Labute approximate surface area is 144 Å². The van der Waals surface area contributed by atoms with Crippen molar-refractivity contribution in [2.75, 3.05) is 0 Å². The third kappa shape index (κ3) is 2.52. The Morgan fingerprint density at radius 1 is 1.08 bits per heavy atom. The lowest BCUT2D eigenvalue weighted by Gasteiger charge is -2.14. The number of imidazole rings is 1. The molecule has 3 rings (SSSR count). The van der Waals surface area contributed by atoms with Crippen molar-refractivity contribution in [1.82, 2.24) is 18.7 Å². The van der Waals surface area contributed by atoms with Gasteiger partial charge in [-0.3, -0.25) is 18.7 Å². The van der Waals surface area contributed by atoms with Crippen molar-refractivity contribution < 1.29 is 4.79 Å². The molecule has 0 bridgehead atoms. The molecule has 25 heavy (non-hydrogen) atoms. The molecule has 1 unspecified atom stereocenters. The number of Topliss-reactive ketones (excluding diaryl/α,β-unsaturated/α-hetero) is 1. The van der Waals surface area contributed by atoms with Crippen molar-refractivity contribution in [3.63, 3.8) is 0 Å². The van der Waals surface area contributed by atoms with Crippen molar-refractivity contribution in [2.24, 2.45) is 14.1 Å². The van der Waals surface area contributed by atoms with Gasteiger partial charge in [-0.25, -0.2) is 9.78 Å². The number of aryl methyl sites for hydroxylation is 3. The van der Waals surface area contributed by atoms with Crippen molar-refractivity contribution >= 4 is 16.9 Å². The quantitative estimate of drug-likeness (QED) is 0.677. The largest absolute Gasteiger partial charge is 0.332 e. The fraction of sp³-hybridized carbons (Fsp3) is 0.333. The number of aromatic nitrogens is 4. The van der Waals surface area contributed by atoms with Gasteiger partial charge in [0.15, 0.2) is 16.9 Å². The number of fused-ring (bicyclic) bond motifs is 1. The summed E-state index contributed by atoms with van der Waals surface area (Å²) in [5, 5.41) is 0. The van der Waals surface area contributed by atoms with Gasteiger partial charge in [-0.15, -0.1) is 0 Å². The fourth-order valence-corrected chi connectivity index (χ4v) is 2.92. The van der Waals surface area contributed by atoms with Gasteiger partial charge < -0.3 is 4.57 Å². The first kappa shape index (κ1) is 16.9. The summed E-state index contributed by atoms with van der Waals surface area (Å²) in [5.41, 5.74) is 2.33. The van der Waals surface area contributed by atoms with Crippen LogP contribution in [0.2, 0.25) is 0 Å². The first-order chi connectivity index (χ1) is 11.7. The van der Waals surface area contributed by atoms with E-state index in [0.717, 1.165) is 15.7 Å². The summed E-state index contributed by atoms with van der Waals surface area (Å²) in [6.45, 7) is 5.67. The summed E-state index contributed by atoms with van der Waals surface area (Å²) >= 11 is 0. The summed E-state index contributed by atoms with van der Waals surface area (Å²) in [5.74, 6) is -0.113. The lowest BCUT2D eigenvalue weighted by molar-refractivity contribution is 0.0936. The zero-order chi connectivity index (χ0) is 18.5. The van der Waals surface area contributed by atoms with Gasteiger partial charge in [0.05, 0.1) is 12.4 Å². The molecule has 0 N–H and O–H groups in total. The third-order valence-electron chi connectivity index (χ3n) is 4.76. The number of nitrogens with zero attached hydrogens (tertiary/aromatic N) is 4.